The van der Waals surface area contributed by atoms with Crippen molar-refractivity contribution in [2.24, 2.45) is 0 Å². The van der Waals surface area contributed by atoms with E-state index in [0.717, 1.165) is 44.2 Å². The van der Waals surface area contributed by atoms with E-state index in [9.17, 15) is 4.79 Å². The van der Waals surface area contributed by atoms with Gasteiger partial charge in [0.1, 0.15) is 0 Å². The Hall–Kier alpha value is -0.260. The maximum Gasteiger partial charge on any atom is 0.240 e. The summed E-state index contributed by atoms with van der Waals surface area (Å²) in [5, 5.41) is 3.34. The van der Waals surface area contributed by atoms with Crippen LogP contribution in [0.2, 0.25) is 0 Å². The van der Waals surface area contributed by atoms with Gasteiger partial charge in [-0.2, -0.15) is 11.8 Å². The van der Waals surface area contributed by atoms with Crippen molar-refractivity contribution in [1.82, 2.24) is 15.1 Å². The molecule has 1 amide bonds. The van der Waals surface area contributed by atoms with Crippen molar-refractivity contribution in [3.63, 3.8) is 0 Å². The zero-order valence-corrected chi connectivity index (χ0v) is 12.3. The molecule has 1 N–H and O–H groups in total. The van der Waals surface area contributed by atoms with Gasteiger partial charge in [0.2, 0.25) is 5.91 Å². The zero-order valence-electron chi connectivity index (χ0n) is 11.5. The normalized spacial score (nSPS) is 28.1. The van der Waals surface area contributed by atoms with Crippen LogP contribution >= 0.6 is 11.8 Å². The van der Waals surface area contributed by atoms with Gasteiger partial charge in [0, 0.05) is 50.3 Å². The lowest BCUT2D eigenvalue weighted by Gasteiger charge is -2.39. The van der Waals surface area contributed by atoms with Gasteiger partial charge in [0.15, 0.2) is 0 Å². The number of carbonyl (C=O) groups is 1. The van der Waals surface area contributed by atoms with E-state index in [1.165, 1.54) is 6.42 Å². The van der Waals surface area contributed by atoms with Crippen LogP contribution in [0, 0.1) is 0 Å². The monoisotopic (exact) mass is 271 g/mol. The lowest BCUT2D eigenvalue weighted by molar-refractivity contribution is -0.135. The fraction of sp³-hybridized carbons (Fsp3) is 0.923. The smallest absolute Gasteiger partial charge is 0.240 e. The molecule has 2 unspecified atom stereocenters. The first kappa shape index (κ1) is 14.2. The molecule has 2 fully saturated rings. The third kappa shape index (κ3) is 3.39. The molecule has 2 aliphatic rings. The SMILES string of the molecule is CCC(C)N1CCN(C(=O)C2CSCCN2)CC1. The van der Waals surface area contributed by atoms with Gasteiger partial charge in [-0.15, -0.1) is 0 Å². The Morgan fingerprint density at radius 1 is 1.39 bits per heavy atom. The number of carbonyl (C=O) groups excluding carboxylic acids is 1. The summed E-state index contributed by atoms with van der Waals surface area (Å²) in [4.78, 5) is 16.9. The summed E-state index contributed by atoms with van der Waals surface area (Å²) in [5.41, 5.74) is 0. The summed E-state index contributed by atoms with van der Waals surface area (Å²) in [6.45, 7) is 9.31. The molecule has 0 aromatic rings. The summed E-state index contributed by atoms with van der Waals surface area (Å²) in [6, 6.07) is 0.699. The molecule has 2 atom stereocenters. The number of thioether (sulfide) groups is 1. The maximum atomic E-state index is 12.3. The average molecular weight is 271 g/mol. The number of hydrogen-bond donors (Lipinski definition) is 1. The largest absolute Gasteiger partial charge is 0.339 e. The molecule has 0 spiro atoms. The highest BCUT2D eigenvalue weighted by molar-refractivity contribution is 7.99. The van der Waals surface area contributed by atoms with E-state index in [1.807, 2.05) is 16.7 Å². The van der Waals surface area contributed by atoms with E-state index in [2.05, 4.69) is 24.1 Å². The molecule has 18 heavy (non-hydrogen) atoms. The van der Waals surface area contributed by atoms with E-state index in [4.69, 9.17) is 0 Å². The predicted molar refractivity (Wildman–Crippen MR) is 77.0 cm³/mol. The second-order valence-corrected chi connectivity index (χ2v) is 6.35. The Bertz CT molecular complexity index is 273. The van der Waals surface area contributed by atoms with E-state index < -0.39 is 0 Å². The Morgan fingerprint density at radius 3 is 2.67 bits per heavy atom. The predicted octanol–water partition coefficient (Wildman–Crippen LogP) is 0.634. The van der Waals surface area contributed by atoms with Crippen LogP contribution in [0.25, 0.3) is 0 Å². The average Bonchev–Trinajstić information content (AvgIpc) is 2.47. The third-order valence-electron chi connectivity index (χ3n) is 4.06. The van der Waals surface area contributed by atoms with E-state index in [-0.39, 0.29) is 6.04 Å². The minimum absolute atomic E-state index is 0.0545. The van der Waals surface area contributed by atoms with Gasteiger partial charge in [0.05, 0.1) is 6.04 Å². The number of piperazine rings is 1. The molecule has 2 heterocycles. The number of nitrogens with one attached hydrogen (secondary N) is 1. The number of hydrogen-bond acceptors (Lipinski definition) is 4. The van der Waals surface area contributed by atoms with Crippen LogP contribution in [0.15, 0.2) is 0 Å². The second-order valence-electron chi connectivity index (χ2n) is 5.20. The molecule has 5 heteroatoms. The van der Waals surface area contributed by atoms with Crippen LogP contribution in [-0.4, -0.2) is 72.0 Å². The minimum atomic E-state index is 0.0545. The molecule has 0 aliphatic carbocycles. The van der Waals surface area contributed by atoms with Crippen LogP contribution < -0.4 is 5.32 Å². The number of nitrogens with zero attached hydrogens (tertiary/aromatic N) is 2. The van der Waals surface area contributed by atoms with Crippen LogP contribution in [0.5, 0.6) is 0 Å². The van der Waals surface area contributed by atoms with Crippen molar-refractivity contribution in [3.8, 4) is 0 Å². The van der Waals surface area contributed by atoms with Gasteiger partial charge in [-0.3, -0.25) is 9.69 Å². The zero-order chi connectivity index (χ0) is 13.0. The van der Waals surface area contributed by atoms with Gasteiger partial charge in [0.25, 0.3) is 0 Å². The summed E-state index contributed by atoms with van der Waals surface area (Å²) in [6.07, 6.45) is 1.19. The Kier molecular flexibility index (Phi) is 5.33. The first-order valence-corrected chi connectivity index (χ1v) is 8.21. The van der Waals surface area contributed by atoms with E-state index in [0.29, 0.717) is 11.9 Å². The second kappa shape index (κ2) is 6.78. The van der Waals surface area contributed by atoms with Crippen molar-refractivity contribution in [2.75, 3.05) is 44.2 Å². The van der Waals surface area contributed by atoms with E-state index >= 15 is 0 Å². The molecule has 2 aliphatic heterocycles. The van der Waals surface area contributed by atoms with Crippen molar-refractivity contribution >= 4 is 17.7 Å². The van der Waals surface area contributed by atoms with Gasteiger partial charge in [-0.25, -0.2) is 0 Å². The molecular weight excluding hydrogens is 246 g/mol. The van der Waals surface area contributed by atoms with Gasteiger partial charge < -0.3 is 10.2 Å². The Balaban J connectivity index is 1.79. The number of rotatable bonds is 3. The van der Waals surface area contributed by atoms with Crippen molar-refractivity contribution in [2.45, 2.75) is 32.4 Å². The first-order valence-electron chi connectivity index (χ1n) is 7.06. The maximum absolute atomic E-state index is 12.3. The third-order valence-corrected chi connectivity index (χ3v) is 5.12. The molecule has 0 aromatic carbocycles. The Morgan fingerprint density at radius 2 is 2.11 bits per heavy atom. The minimum Gasteiger partial charge on any atom is -0.339 e. The highest BCUT2D eigenvalue weighted by Crippen LogP contribution is 2.13. The molecule has 2 saturated heterocycles. The van der Waals surface area contributed by atoms with Crippen molar-refractivity contribution < 1.29 is 4.79 Å². The highest BCUT2D eigenvalue weighted by atomic mass is 32.2. The molecule has 4 nitrogen and oxygen atoms in total. The van der Waals surface area contributed by atoms with Gasteiger partial charge in [-0.05, 0) is 13.3 Å². The van der Waals surface area contributed by atoms with Crippen molar-refractivity contribution in [3.05, 3.63) is 0 Å². The molecule has 0 aromatic heterocycles. The molecule has 0 radical (unpaired) electrons. The van der Waals surface area contributed by atoms with Crippen molar-refractivity contribution in [1.29, 1.82) is 0 Å². The fourth-order valence-corrected chi connectivity index (χ4v) is 3.51. The first-order chi connectivity index (χ1) is 8.72. The van der Waals surface area contributed by atoms with Crippen LogP contribution in [-0.2, 0) is 4.79 Å². The molecular formula is C13H25N3OS. The fourth-order valence-electron chi connectivity index (χ4n) is 2.59. The summed E-state index contributed by atoms with van der Waals surface area (Å²) < 4.78 is 0. The lowest BCUT2D eigenvalue weighted by atomic mass is 10.1. The summed E-state index contributed by atoms with van der Waals surface area (Å²) >= 11 is 1.88. The van der Waals surface area contributed by atoms with Crippen LogP contribution in [0.3, 0.4) is 0 Å². The summed E-state index contributed by atoms with van der Waals surface area (Å²) in [7, 11) is 0. The quantitative estimate of drug-likeness (QED) is 0.817. The van der Waals surface area contributed by atoms with Gasteiger partial charge >= 0.3 is 0 Å². The van der Waals surface area contributed by atoms with E-state index in [1.54, 1.807) is 0 Å². The van der Waals surface area contributed by atoms with Crippen LogP contribution in [0.4, 0.5) is 0 Å². The molecule has 0 saturated carbocycles. The van der Waals surface area contributed by atoms with Crippen LogP contribution in [0.1, 0.15) is 20.3 Å². The number of amides is 1. The lowest BCUT2D eigenvalue weighted by Crippen LogP contribution is -2.57. The topological polar surface area (TPSA) is 35.6 Å². The highest BCUT2D eigenvalue weighted by Gasteiger charge is 2.29. The standard InChI is InChI=1S/C13H25N3OS/c1-3-11(2)15-5-7-16(8-6-15)13(17)12-10-18-9-4-14-12/h11-12,14H,3-10H2,1-2H3. The van der Waals surface area contributed by atoms with Gasteiger partial charge in [-0.1, -0.05) is 6.92 Å². The Labute approximate surface area is 114 Å². The molecule has 0 bridgehead atoms. The molecule has 2 rings (SSSR count). The molecule has 104 valence electrons. The summed E-state index contributed by atoms with van der Waals surface area (Å²) in [5.74, 6) is 2.38.